The van der Waals surface area contributed by atoms with E-state index in [0.717, 1.165) is 27.7 Å². The molecule has 3 aromatic carbocycles. The average Bonchev–Trinajstić information content (AvgIpc) is 3.25. The Labute approximate surface area is 211 Å². The van der Waals surface area contributed by atoms with Gasteiger partial charge in [-0.2, -0.15) is 0 Å². The lowest BCUT2D eigenvalue weighted by Gasteiger charge is -2.47. The molecule has 180 valence electrons. The first-order chi connectivity index (χ1) is 17.4. The van der Waals surface area contributed by atoms with Gasteiger partial charge in [-0.1, -0.05) is 54.1 Å². The lowest BCUT2D eigenvalue weighted by atomic mass is 9.86. The van der Waals surface area contributed by atoms with Gasteiger partial charge < -0.3 is 14.8 Å². The molecule has 2 unspecified atom stereocenters. The highest BCUT2D eigenvalue weighted by Crippen LogP contribution is 2.43. The molecule has 6 rings (SSSR count). The first-order valence-corrected chi connectivity index (χ1v) is 12.0. The number of hydrogen-bond donors (Lipinski definition) is 1. The summed E-state index contributed by atoms with van der Waals surface area (Å²) < 4.78 is 0. The normalized spacial score (nSPS) is 19.4. The van der Waals surface area contributed by atoms with Gasteiger partial charge in [-0.05, 0) is 34.9 Å². The van der Waals surface area contributed by atoms with E-state index in [2.05, 4.69) is 4.98 Å². The number of non-ortho nitro benzene ring substituents is 1. The van der Waals surface area contributed by atoms with Gasteiger partial charge in [0.05, 0.1) is 11.0 Å². The fourth-order valence-electron chi connectivity index (χ4n) is 5.42. The number of aromatic nitrogens is 1. The van der Waals surface area contributed by atoms with Gasteiger partial charge in [0.25, 0.3) is 5.69 Å². The highest BCUT2D eigenvalue weighted by Gasteiger charge is 2.48. The maximum absolute atomic E-state index is 13.8. The number of nitro groups is 1. The molecule has 9 heteroatoms. The molecule has 0 radical (unpaired) electrons. The molecular weight excluding hydrogens is 480 g/mol. The van der Waals surface area contributed by atoms with Gasteiger partial charge in [-0.3, -0.25) is 19.7 Å². The number of aromatic amines is 1. The third-order valence-electron chi connectivity index (χ3n) is 7.03. The summed E-state index contributed by atoms with van der Waals surface area (Å²) in [7, 11) is 0. The summed E-state index contributed by atoms with van der Waals surface area (Å²) in [5.41, 5.74) is 4.06. The lowest BCUT2D eigenvalue weighted by Crippen LogP contribution is -2.62. The van der Waals surface area contributed by atoms with Crippen LogP contribution in [0, 0.1) is 10.1 Å². The molecule has 0 aliphatic carbocycles. The molecule has 1 N–H and O–H groups in total. The van der Waals surface area contributed by atoms with Crippen molar-refractivity contribution in [1.82, 2.24) is 14.8 Å². The van der Waals surface area contributed by atoms with E-state index in [1.807, 2.05) is 36.4 Å². The number of carbonyl (C=O) groups excluding carboxylic acids is 2. The van der Waals surface area contributed by atoms with Gasteiger partial charge in [0.15, 0.2) is 0 Å². The number of piperazine rings is 1. The Balaban J connectivity index is 1.46. The molecule has 36 heavy (non-hydrogen) atoms. The minimum absolute atomic E-state index is 0.0626. The second-order valence-electron chi connectivity index (χ2n) is 9.16. The van der Waals surface area contributed by atoms with E-state index >= 15 is 0 Å². The third-order valence-corrected chi connectivity index (χ3v) is 7.28. The smallest absolute Gasteiger partial charge is 0.269 e. The van der Waals surface area contributed by atoms with Crippen molar-refractivity contribution in [2.45, 2.75) is 25.0 Å². The van der Waals surface area contributed by atoms with E-state index in [-0.39, 0.29) is 24.0 Å². The van der Waals surface area contributed by atoms with E-state index < -0.39 is 17.0 Å². The summed E-state index contributed by atoms with van der Waals surface area (Å²) in [5, 5.41) is 13.1. The van der Waals surface area contributed by atoms with Crippen molar-refractivity contribution in [3.05, 3.63) is 110 Å². The Kier molecular flexibility index (Phi) is 5.26. The summed E-state index contributed by atoms with van der Waals surface area (Å²) in [4.78, 5) is 45.1. The highest BCUT2D eigenvalue weighted by molar-refractivity contribution is 6.30. The molecule has 0 saturated carbocycles. The monoisotopic (exact) mass is 500 g/mol. The van der Waals surface area contributed by atoms with Crippen molar-refractivity contribution in [1.29, 1.82) is 0 Å². The largest absolute Gasteiger partial charge is 0.356 e. The van der Waals surface area contributed by atoms with Crippen LogP contribution in [0.1, 0.15) is 28.4 Å². The number of halogens is 1. The zero-order chi connectivity index (χ0) is 25.0. The van der Waals surface area contributed by atoms with Crippen LogP contribution in [0.15, 0.2) is 72.8 Å². The minimum Gasteiger partial charge on any atom is -0.356 e. The molecule has 4 aromatic rings. The first kappa shape index (κ1) is 22.3. The Hall–Kier alpha value is -4.17. The number of nitrogens with one attached hydrogen (secondary N) is 1. The number of nitrogens with zero attached hydrogens (tertiary/aromatic N) is 3. The second-order valence-corrected chi connectivity index (χ2v) is 9.60. The van der Waals surface area contributed by atoms with Crippen molar-refractivity contribution in [2.24, 2.45) is 0 Å². The third kappa shape index (κ3) is 3.61. The van der Waals surface area contributed by atoms with Crippen LogP contribution in [0.5, 0.6) is 0 Å². The number of amides is 2. The van der Waals surface area contributed by atoms with Crippen molar-refractivity contribution in [2.75, 3.05) is 6.54 Å². The van der Waals surface area contributed by atoms with Gasteiger partial charge in [-0.15, -0.1) is 0 Å². The fraction of sp³-hybridized carbons (Fsp3) is 0.185. The molecule has 2 aliphatic rings. The van der Waals surface area contributed by atoms with Crippen LogP contribution in [-0.4, -0.2) is 44.1 Å². The van der Waals surface area contributed by atoms with Crippen LogP contribution in [-0.2, 0) is 22.6 Å². The summed E-state index contributed by atoms with van der Waals surface area (Å²) in [6.07, 6.45) is 0.368. The summed E-state index contributed by atoms with van der Waals surface area (Å²) in [6.45, 7) is 0.229. The first-order valence-electron chi connectivity index (χ1n) is 11.6. The highest BCUT2D eigenvalue weighted by atomic mass is 35.5. The number of rotatable bonds is 4. The number of benzene rings is 3. The summed E-state index contributed by atoms with van der Waals surface area (Å²) in [5.74, 6) is -0.342. The molecule has 2 aliphatic heterocycles. The van der Waals surface area contributed by atoms with Gasteiger partial charge in [0, 0.05) is 46.7 Å². The van der Waals surface area contributed by atoms with Crippen LogP contribution < -0.4 is 0 Å². The Morgan fingerprint density at radius 2 is 1.81 bits per heavy atom. The maximum atomic E-state index is 13.8. The van der Waals surface area contributed by atoms with E-state index in [1.54, 1.807) is 34.1 Å². The molecule has 2 amide bonds. The van der Waals surface area contributed by atoms with Gasteiger partial charge in [-0.25, -0.2) is 0 Å². The van der Waals surface area contributed by atoms with E-state index in [1.165, 1.54) is 12.1 Å². The predicted molar refractivity (Wildman–Crippen MR) is 134 cm³/mol. The summed E-state index contributed by atoms with van der Waals surface area (Å²) in [6, 6.07) is 20.0. The number of carbonyl (C=O) groups is 2. The minimum atomic E-state index is -0.713. The van der Waals surface area contributed by atoms with E-state index in [0.29, 0.717) is 23.6 Å². The molecule has 1 saturated heterocycles. The Morgan fingerprint density at radius 1 is 1.03 bits per heavy atom. The van der Waals surface area contributed by atoms with Crippen molar-refractivity contribution >= 4 is 40.0 Å². The van der Waals surface area contributed by atoms with Crippen molar-refractivity contribution in [3.8, 4) is 0 Å². The van der Waals surface area contributed by atoms with Crippen LogP contribution in [0.4, 0.5) is 5.69 Å². The Morgan fingerprint density at radius 3 is 2.58 bits per heavy atom. The van der Waals surface area contributed by atoms with Gasteiger partial charge >= 0.3 is 0 Å². The standard InChI is InChI=1S/C27H21ClN4O4/c28-18-10-8-16(9-11-18)14-30-15-24(33)31-23(27(30)34)13-21-20-6-1-2-7-22(20)29-25(21)26(31)17-4-3-5-19(12-17)32(35)36/h1-12,23,26,29H,13-15H2. The zero-order valence-corrected chi connectivity index (χ0v) is 19.8. The van der Waals surface area contributed by atoms with Crippen LogP contribution in [0.3, 0.4) is 0 Å². The second kappa shape index (κ2) is 8.49. The predicted octanol–water partition coefficient (Wildman–Crippen LogP) is 4.61. The van der Waals surface area contributed by atoms with Gasteiger partial charge in [0.2, 0.25) is 11.8 Å². The molecule has 1 aromatic heterocycles. The molecule has 0 spiro atoms. The molecule has 0 bridgehead atoms. The summed E-state index contributed by atoms with van der Waals surface area (Å²) >= 11 is 6.00. The number of para-hydroxylation sites is 1. The van der Waals surface area contributed by atoms with Crippen molar-refractivity contribution in [3.63, 3.8) is 0 Å². The van der Waals surface area contributed by atoms with Crippen LogP contribution in [0.2, 0.25) is 5.02 Å². The number of nitro benzene ring substituents is 1. The molecule has 2 atom stereocenters. The zero-order valence-electron chi connectivity index (χ0n) is 19.1. The van der Waals surface area contributed by atoms with Crippen molar-refractivity contribution < 1.29 is 14.5 Å². The van der Waals surface area contributed by atoms with E-state index in [9.17, 15) is 19.7 Å². The number of fused-ring (bicyclic) bond motifs is 4. The topological polar surface area (TPSA) is 99.5 Å². The lowest BCUT2D eigenvalue weighted by molar-refractivity contribution is -0.384. The molecular formula is C27H21ClN4O4. The maximum Gasteiger partial charge on any atom is 0.269 e. The van der Waals surface area contributed by atoms with Crippen LogP contribution >= 0.6 is 11.6 Å². The number of hydrogen-bond acceptors (Lipinski definition) is 4. The molecule has 1 fully saturated rings. The average molecular weight is 501 g/mol. The SMILES string of the molecule is O=C1C2Cc3c([nH]c4ccccc34)C(c3cccc([N+](=O)[O-])c3)N2C(=O)CN1Cc1ccc(Cl)cc1. The quantitative estimate of drug-likeness (QED) is 0.326. The van der Waals surface area contributed by atoms with E-state index in [4.69, 9.17) is 11.6 Å². The van der Waals surface area contributed by atoms with Crippen LogP contribution in [0.25, 0.3) is 10.9 Å². The Bertz CT molecular complexity index is 1530. The fourth-order valence-corrected chi connectivity index (χ4v) is 5.55. The number of H-pyrrole nitrogens is 1. The molecule has 3 heterocycles. The molecule has 8 nitrogen and oxygen atoms in total. The van der Waals surface area contributed by atoms with Gasteiger partial charge in [0.1, 0.15) is 12.6 Å².